The number of nitrogens with zero attached hydrogens (tertiary/aromatic N) is 3. The number of H-pyrrole nitrogens is 2. The highest BCUT2D eigenvalue weighted by atomic mass is 16.2. The zero-order valence-corrected chi connectivity index (χ0v) is 17.9. The first-order valence-corrected chi connectivity index (χ1v) is 10.9. The van der Waals surface area contributed by atoms with Gasteiger partial charge >= 0.3 is 0 Å². The predicted molar refractivity (Wildman–Crippen MR) is 124 cm³/mol. The van der Waals surface area contributed by atoms with Crippen LogP contribution >= 0.6 is 0 Å². The molecule has 0 atom stereocenters. The third-order valence-corrected chi connectivity index (χ3v) is 6.25. The standard InChI is InChI=1S/C25H25N5O2/c1-29(19-8-3-2-4-9-19)24(31)23-16-21(27-28-23)17-11-13-30(14-12-17)25(32)22-15-18-7-5-6-10-20(18)26-22/h2-10,15-17,26H,11-14H2,1H3,(H,27,28). The third-order valence-electron chi connectivity index (χ3n) is 6.25. The number of para-hydroxylation sites is 2. The fourth-order valence-electron chi connectivity index (χ4n) is 4.35. The molecule has 0 radical (unpaired) electrons. The van der Waals surface area contributed by atoms with E-state index in [4.69, 9.17) is 0 Å². The number of aromatic nitrogens is 3. The Hall–Kier alpha value is -3.87. The number of hydrogen-bond acceptors (Lipinski definition) is 3. The molecule has 162 valence electrons. The smallest absolute Gasteiger partial charge is 0.278 e. The van der Waals surface area contributed by atoms with Gasteiger partial charge in [0.25, 0.3) is 11.8 Å². The highest BCUT2D eigenvalue weighted by Crippen LogP contribution is 2.28. The van der Waals surface area contributed by atoms with Gasteiger partial charge in [0, 0.05) is 48.3 Å². The zero-order chi connectivity index (χ0) is 22.1. The quantitative estimate of drug-likeness (QED) is 0.512. The van der Waals surface area contributed by atoms with E-state index < -0.39 is 0 Å². The molecule has 2 aromatic heterocycles. The molecule has 0 unspecified atom stereocenters. The van der Waals surface area contributed by atoms with E-state index >= 15 is 0 Å². The topological polar surface area (TPSA) is 85.1 Å². The van der Waals surface area contributed by atoms with Crippen LogP contribution in [0.4, 0.5) is 5.69 Å². The Morgan fingerprint density at radius 1 is 1.00 bits per heavy atom. The molecule has 1 saturated heterocycles. The maximum atomic E-state index is 12.9. The summed E-state index contributed by atoms with van der Waals surface area (Å²) in [7, 11) is 1.75. The number of carbonyl (C=O) groups is 2. The van der Waals surface area contributed by atoms with Gasteiger partial charge < -0.3 is 14.8 Å². The summed E-state index contributed by atoms with van der Waals surface area (Å²) < 4.78 is 0. The molecule has 0 bridgehead atoms. The third kappa shape index (κ3) is 3.77. The minimum Gasteiger partial charge on any atom is -0.351 e. The van der Waals surface area contributed by atoms with Crippen molar-refractivity contribution in [2.45, 2.75) is 18.8 Å². The molecule has 0 saturated carbocycles. The van der Waals surface area contributed by atoms with Crippen molar-refractivity contribution in [1.82, 2.24) is 20.1 Å². The Bertz CT molecular complexity index is 1220. The summed E-state index contributed by atoms with van der Waals surface area (Å²) in [5, 5.41) is 8.35. The van der Waals surface area contributed by atoms with Gasteiger partial charge in [-0.1, -0.05) is 36.4 Å². The summed E-state index contributed by atoms with van der Waals surface area (Å²) in [5.41, 5.74) is 3.78. The van der Waals surface area contributed by atoms with Gasteiger partial charge in [0.1, 0.15) is 5.69 Å². The summed E-state index contributed by atoms with van der Waals surface area (Å²) in [6, 6.07) is 21.2. The van der Waals surface area contributed by atoms with Crippen molar-refractivity contribution in [3.05, 3.63) is 83.8 Å². The van der Waals surface area contributed by atoms with Crippen LogP contribution in [0.5, 0.6) is 0 Å². The largest absolute Gasteiger partial charge is 0.351 e. The fourth-order valence-corrected chi connectivity index (χ4v) is 4.35. The van der Waals surface area contributed by atoms with E-state index in [0.717, 1.165) is 35.1 Å². The van der Waals surface area contributed by atoms with Crippen LogP contribution in [0.2, 0.25) is 0 Å². The fraction of sp³-hybridized carbons (Fsp3) is 0.240. The second-order valence-electron chi connectivity index (χ2n) is 8.24. The Balaban J connectivity index is 1.22. The lowest BCUT2D eigenvalue weighted by Crippen LogP contribution is -2.38. The number of rotatable bonds is 4. The summed E-state index contributed by atoms with van der Waals surface area (Å²) in [6.45, 7) is 1.34. The van der Waals surface area contributed by atoms with Gasteiger partial charge in [0.15, 0.2) is 5.69 Å². The molecule has 2 aromatic carbocycles. The van der Waals surface area contributed by atoms with E-state index in [1.54, 1.807) is 11.9 Å². The number of nitrogens with one attached hydrogen (secondary N) is 2. The molecule has 1 aliphatic rings. The van der Waals surface area contributed by atoms with Crippen molar-refractivity contribution in [3.8, 4) is 0 Å². The van der Waals surface area contributed by atoms with Crippen LogP contribution in [-0.2, 0) is 0 Å². The highest BCUT2D eigenvalue weighted by molar-refractivity contribution is 6.04. The first-order chi connectivity index (χ1) is 15.6. The number of piperidine rings is 1. The van der Waals surface area contributed by atoms with Crippen molar-refractivity contribution in [2.75, 3.05) is 25.0 Å². The van der Waals surface area contributed by atoms with Crippen molar-refractivity contribution in [1.29, 1.82) is 0 Å². The molecule has 0 aliphatic carbocycles. The first-order valence-electron chi connectivity index (χ1n) is 10.9. The molecule has 2 amide bonds. The van der Waals surface area contributed by atoms with Gasteiger partial charge in [0.05, 0.1) is 0 Å². The maximum absolute atomic E-state index is 12.9. The molecule has 7 nitrogen and oxygen atoms in total. The van der Waals surface area contributed by atoms with Crippen LogP contribution in [0.25, 0.3) is 10.9 Å². The average molecular weight is 428 g/mol. The van der Waals surface area contributed by atoms with Crippen LogP contribution in [0.1, 0.15) is 45.4 Å². The summed E-state index contributed by atoms with van der Waals surface area (Å²) >= 11 is 0. The van der Waals surface area contributed by atoms with Crippen molar-refractivity contribution in [2.24, 2.45) is 0 Å². The summed E-state index contributed by atoms with van der Waals surface area (Å²) in [6.07, 6.45) is 1.66. The maximum Gasteiger partial charge on any atom is 0.278 e. The second-order valence-corrected chi connectivity index (χ2v) is 8.24. The van der Waals surface area contributed by atoms with Crippen molar-refractivity contribution in [3.63, 3.8) is 0 Å². The number of amides is 2. The first kappa shape index (κ1) is 20.1. The SMILES string of the molecule is CN(C(=O)c1cc(C2CCN(C(=O)c3cc4ccccc4[nH]3)CC2)[nH]n1)c1ccccc1. The predicted octanol–water partition coefficient (Wildman–Crippen LogP) is 4.19. The molecule has 0 spiro atoms. The van der Waals surface area contributed by atoms with E-state index in [1.165, 1.54) is 0 Å². The average Bonchev–Trinajstić information content (AvgIpc) is 3.51. The number of anilines is 1. The molecule has 32 heavy (non-hydrogen) atoms. The van der Waals surface area contributed by atoms with Gasteiger partial charge in [0.2, 0.25) is 0 Å². The van der Waals surface area contributed by atoms with Gasteiger partial charge in [-0.15, -0.1) is 0 Å². The van der Waals surface area contributed by atoms with Gasteiger partial charge in [-0.3, -0.25) is 14.7 Å². The number of hydrogen-bond donors (Lipinski definition) is 2. The molecule has 1 aliphatic heterocycles. The van der Waals surface area contributed by atoms with E-state index in [9.17, 15) is 9.59 Å². The normalized spacial score (nSPS) is 14.6. The number of likely N-dealkylation sites (tertiary alicyclic amines) is 1. The molecular weight excluding hydrogens is 402 g/mol. The lowest BCUT2D eigenvalue weighted by molar-refractivity contribution is 0.0707. The second kappa shape index (κ2) is 8.34. The van der Waals surface area contributed by atoms with Gasteiger partial charge in [-0.2, -0.15) is 5.10 Å². The Kier molecular flexibility index (Phi) is 5.23. The number of carbonyl (C=O) groups excluding carboxylic acids is 2. The zero-order valence-electron chi connectivity index (χ0n) is 17.9. The molecule has 2 N–H and O–H groups in total. The van der Waals surface area contributed by atoms with Crippen LogP contribution in [0, 0.1) is 0 Å². The number of aromatic amines is 2. The van der Waals surface area contributed by atoms with Crippen molar-refractivity contribution >= 4 is 28.4 Å². The van der Waals surface area contributed by atoms with Crippen LogP contribution in [0.15, 0.2) is 66.7 Å². The molecule has 3 heterocycles. The Labute approximate surface area is 186 Å². The molecular formula is C25H25N5O2. The Morgan fingerprint density at radius 3 is 2.47 bits per heavy atom. The van der Waals surface area contributed by atoms with Crippen LogP contribution in [-0.4, -0.2) is 52.0 Å². The van der Waals surface area contributed by atoms with Crippen molar-refractivity contribution < 1.29 is 9.59 Å². The van der Waals surface area contributed by atoms with Gasteiger partial charge in [-0.05, 0) is 43.2 Å². The minimum atomic E-state index is -0.148. The lowest BCUT2D eigenvalue weighted by Gasteiger charge is -2.31. The minimum absolute atomic E-state index is 0.0320. The molecule has 5 rings (SSSR count). The molecule has 4 aromatic rings. The van der Waals surface area contributed by atoms with E-state index in [2.05, 4.69) is 15.2 Å². The van der Waals surface area contributed by atoms with E-state index in [-0.39, 0.29) is 17.7 Å². The van der Waals surface area contributed by atoms with Gasteiger partial charge in [-0.25, -0.2) is 0 Å². The molecule has 1 fully saturated rings. The van der Waals surface area contributed by atoms with E-state index in [0.29, 0.717) is 24.5 Å². The molecule has 7 heteroatoms. The van der Waals surface area contributed by atoms with Crippen LogP contribution < -0.4 is 4.90 Å². The highest BCUT2D eigenvalue weighted by Gasteiger charge is 2.27. The lowest BCUT2D eigenvalue weighted by atomic mass is 9.93. The summed E-state index contributed by atoms with van der Waals surface area (Å²) in [4.78, 5) is 32.5. The Morgan fingerprint density at radius 2 is 1.72 bits per heavy atom. The van der Waals surface area contributed by atoms with Crippen LogP contribution in [0.3, 0.4) is 0 Å². The number of fused-ring (bicyclic) bond motifs is 1. The number of benzene rings is 2. The monoisotopic (exact) mass is 427 g/mol. The van der Waals surface area contributed by atoms with E-state index in [1.807, 2.05) is 71.6 Å². The summed E-state index contributed by atoms with van der Waals surface area (Å²) in [5.74, 6) is 0.132.